The Balaban J connectivity index is 5.02. The van der Waals surface area contributed by atoms with Gasteiger partial charge in [0.1, 0.15) is 12.2 Å². The van der Waals surface area contributed by atoms with Crippen molar-refractivity contribution in [2.75, 3.05) is 78.9 Å². The predicted octanol–water partition coefficient (Wildman–Crippen LogP) is 22.2. The van der Waals surface area contributed by atoms with Crippen molar-refractivity contribution in [3.8, 4) is 0 Å². The summed E-state index contributed by atoms with van der Waals surface area (Å²) < 4.78 is 34.7. The Morgan fingerprint density at radius 1 is 0.288 bits per heavy atom. The zero-order valence-corrected chi connectivity index (χ0v) is 69.1. The van der Waals surface area contributed by atoms with Gasteiger partial charge in [-0.25, -0.2) is 0 Å². The van der Waals surface area contributed by atoms with Gasteiger partial charge in [-0.2, -0.15) is 0 Å². The fourth-order valence-electron chi connectivity index (χ4n) is 14.1. The van der Waals surface area contributed by atoms with Crippen molar-refractivity contribution in [3.63, 3.8) is 0 Å². The molecule has 0 aromatic carbocycles. The van der Waals surface area contributed by atoms with Crippen LogP contribution >= 0.6 is 0 Å². The maximum atomic E-state index is 13.8. The Labute approximate surface area is 639 Å². The number of esters is 6. The fourth-order valence-corrected chi connectivity index (χ4v) is 14.1. The van der Waals surface area contributed by atoms with Crippen LogP contribution in [-0.2, 0) is 57.2 Å². The minimum absolute atomic E-state index is 0.0126. The standard InChI is InChI=1S/C88H168N2O14/c1-8-14-20-23-30-41-57-81(58-42-31-24-21-15-9-2)103-83(93)61-44-33-26-35-46-63-89(67-69-91)65-48-37-28-39-52-72-100-86(96)77-80(88(98)102-73-51-18-12-5)76-79(55-19-13-6)56-54-60-82(59-43-32-25-22-16-10-3)104-84(94)62-45-34-27-36-47-64-90(68-70-92)66-49-38-29-40-53-74-101-87(97)78(7)75-85(95)99-71-50-17-11-4/h78-82,91-92H,8-77H2,1-7H3. The second-order valence-electron chi connectivity index (χ2n) is 31.0. The molecule has 16 nitrogen and oxygen atoms in total. The van der Waals surface area contributed by atoms with E-state index in [9.17, 15) is 39.0 Å². The van der Waals surface area contributed by atoms with Crippen molar-refractivity contribution >= 4 is 35.8 Å². The summed E-state index contributed by atoms with van der Waals surface area (Å²) in [6.45, 7) is 21.8. The molecular formula is C88H168N2O14. The lowest BCUT2D eigenvalue weighted by Gasteiger charge is -2.24. The van der Waals surface area contributed by atoms with Gasteiger partial charge in [0, 0.05) is 25.9 Å². The van der Waals surface area contributed by atoms with Crippen LogP contribution in [0.25, 0.3) is 0 Å². The summed E-state index contributed by atoms with van der Waals surface area (Å²) >= 11 is 0. The summed E-state index contributed by atoms with van der Waals surface area (Å²) in [5, 5.41) is 19.6. The predicted molar refractivity (Wildman–Crippen MR) is 429 cm³/mol. The molecule has 0 saturated heterocycles. The van der Waals surface area contributed by atoms with Gasteiger partial charge < -0.3 is 48.4 Å². The van der Waals surface area contributed by atoms with Crippen LogP contribution in [-0.4, -0.2) is 147 Å². The van der Waals surface area contributed by atoms with Gasteiger partial charge in [-0.15, -0.1) is 0 Å². The Kier molecular flexibility index (Phi) is 75.3. The van der Waals surface area contributed by atoms with E-state index in [1.54, 1.807) is 6.92 Å². The van der Waals surface area contributed by atoms with Crippen molar-refractivity contribution < 1.29 is 67.4 Å². The smallest absolute Gasteiger partial charge is 0.309 e. The number of hydrogen-bond acceptors (Lipinski definition) is 16. The SMILES string of the molecule is CCCCCCCCC(CCCCCCCC)OC(=O)CCCCCCCN(CCO)CCCCCCCOC(=O)CC(CC(CCCC)CCCC(CCCCCCCC)OC(=O)CCCCCCCN(CCO)CCCCCCCOC(=O)C(C)CC(=O)OCCCCC)C(=O)OCCCCC. The normalized spacial score (nSPS) is 12.8. The highest BCUT2D eigenvalue weighted by Gasteiger charge is 2.29. The molecule has 0 aliphatic rings. The van der Waals surface area contributed by atoms with Crippen LogP contribution in [0.5, 0.6) is 0 Å². The molecule has 0 radical (unpaired) electrons. The molecule has 4 unspecified atom stereocenters. The summed E-state index contributed by atoms with van der Waals surface area (Å²) in [5.74, 6) is -2.26. The fraction of sp³-hybridized carbons (Fsp3) is 0.932. The zero-order valence-electron chi connectivity index (χ0n) is 69.1. The molecule has 0 aliphatic carbocycles. The highest BCUT2D eigenvalue weighted by Crippen LogP contribution is 2.29. The molecule has 2 N–H and O–H groups in total. The third-order valence-electron chi connectivity index (χ3n) is 20.9. The maximum Gasteiger partial charge on any atom is 0.309 e. The average Bonchev–Trinajstić information content (AvgIpc) is 3.47. The number of aliphatic hydroxyl groups excluding tert-OH is 2. The van der Waals surface area contributed by atoms with E-state index in [4.69, 9.17) is 28.4 Å². The van der Waals surface area contributed by atoms with Gasteiger partial charge >= 0.3 is 35.8 Å². The number of nitrogens with zero attached hydrogens (tertiary/aromatic N) is 2. The van der Waals surface area contributed by atoms with Gasteiger partial charge in [0.25, 0.3) is 0 Å². The molecule has 16 heteroatoms. The first-order chi connectivity index (χ1) is 50.8. The summed E-state index contributed by atoms with van der Waals surface area (Å²) in [6.07, 6.45) is 58.1. The van der Waals surface area contributed by atoms with Gasteiger partial charge in [-0.1, -0.05) is 273 Å². The Morgan fingerprint density at radius 3 is 0.981 bits per heavy atom. The molecule has 0 aromatic rings. The van der Waals surface area contributed by atoms with E-state index in [0.717, 1.165) is 277 Å². The number of hydrogen-bond donors (Lipinski definition) is 2. The Bertz CT molecular complexity index is 1910. The van der Waals surface area contributed by atoms with E-state index in [0.29, 0.717) is 58.8 Å². The van der Waals surface area contributed by atoms with Gasteiger partial charge in [-0.3, -0.25) is 28.8 Å². The maximum absolute atomic E-state index is 13.8. The summed E-state index contributed by atoms with van der Waals surface area (Å²) in [6, 6.07) is 0. The molecule has 614 valence electrons. The minimum Gasteiger partial charge on any atom is -0.466 e. The second kappa shape index (κ2) is 77.8. The van der Waals surface area contributed by atoms with Gasteiger partial charge in [0.15, 0.2) is 0 Å². The van der Waals surface area contributed by atoms with Crippen LogP contribution in [0, 0.1) is 17.8 Å². The van der Waals surface area contributed by atoms with Crippen LogP contribution in [0.1, 0.15) is 421 Å². The first-order valence-corrected chi connectivity index (χ1v) is 44.5. The average molecular weight is 1480 g/mol. The quantitative estimate of drug-likeness (QED) is 0.0330. The summed E-state index contributed by atoms with van der Waals surface area (Å²) in [4.78, 5) is 82.8. The number of ether oxygens (including phenoxy) is 6. The molecule has 0 aromatic heterocycles. The molecule has 0 rings (SSSR count). The number of unbranched alkanes of at least 4 members (excludes halogenated alkanes) is 36. The topological polar surface area (TPSA) is 205 Å². The first-order valence-electron chi connectivity index (χ1n) is 44.5. The lowest BCUT2D eigenvalue weighted by atomic mass is 9.85. The molecule has 0 fully saturated rings. The van der Waals surface area contributed by atoms with Crippen molar-refractivity contribution in [2.45, 2.75) is 433 Å². The molecular weight excluding hydrogens is 1310 g/mol. The van der Waals surface area contributed by atoms with E-state index < -0.39 is 11.8 Å². The largest absolute Gasteiger partial charge is 0.466 e. The second-order valence-corrected chi connectivity index (χ2v) is 31.0. The van der Waals surface area contributed by atoms with Crippen LogP contribution in [0.4, 0.5) is 0 Å². The van der Waals surface area contributed by atoms with E-state index in [-0.39, 0.29) is 80.0 Å². The Hall–Kier alpha value is -3.34. The molecule has 104 heavy (non-hydrogen) atoms. The third kappa shape index (κ3) is 66.8. The highest BCUT2D eigenvalue weighted by atomic mass is 16.6. The minimum atomic E-state index is -0.557. The van der Waals surface area contributed by atoms with Crippen LogP contribution in [0.3, 0.4) is 0 Å². The van der Waals surface area contributed by atoms with Crippen molar-refractivity contribution in [1.82, 2.24) is 9.80 Å². The van der Waals surface area contributed by atoms with Crippen molar-refractivity contribution in [1.29, 1.82) is 0 Å². The van der Waals surface area contributed by atoms with Crippen LogP contribution in [0.15, 0.2) is 0 Å². The monoisotopic (exact) mass is 1480 g/mol. The zero-order chi connectivity index (χ0) is 76.2. The number of carbonyl (C=O) groups is 6. The molecule has 0 bridgehead atoms. The van der Waals surface area contributed by atoms with Crippen LogP contribution in [0.2, 0.25) is 0 Å². The number of rotatable bonds is 82. The van der Waals surface area contributed by atoms with E-state index >= 15 is 0 Å². The van der Waals surface area contributed by atoms with E-state index in [1.807, 2.05) is 0 Å². The summed E-state index contributed by atoms with van der Waals surface area (Å²) in [5.41, 5.74) is 0. The number of aliphatic hydroxyl groups is 2. The molecule has 0 saturated carbocycles. The molecule has 0 heterocycles. The van der Waals surface area contributed by atoms with Gasteiger partial charge in [-0.05, 0) is 154 Å². The van der Waals surface area contributed by atoms with Crippen molar-refractivity contribution in [2.24, 2.45) is 17.8 Å². The van der Waals surface area contributed by atoms with Gasteiger partial charge in [0.2, 0.25) is 0 Å². The van der Waals surface area contributed by atoms with E-state index in [2.05, 4.69) is 51.3 Å². The third-order valence-corrected chi connectivity index (χ3v) is 20.9. The molecule has 0 aliphatic heterocycles. The first kappa shape index (κ1) is 101. The van der Waals surface area contributed by atoms with Crippen LogP contribution < -0.4 is 0 Å². The Morgan fingerprint density at radius 2 is 0.587 bits per heavy atom. The molecule has 0 spiro atoms. The van der Waals surface area contributed by atoms with Crippen molar-refractivity contribution in [3.05, 3.63) is 0 Å². The number of carbonyl (C=O) groups excluding carboxylic acids is 6. The summed E-state index contributed by atoms with van der Waals surface area (Å²) in [7, 11) is 0. The molecule has 4 atom stereocenters. The highest BCUT2D eigenvalue weighted by molar-refractivity contribution is 5.80. The van der Waals surface area contributed by atoms with Gasteiger partial charge in [0.05, 0.1) is 64.3 Å². The van der Waals surface area contributed by atoms with E-state index in [1.165, 1.54) is 89.9 Å². The lowest BCUT2D eigenvalue weighted by Crippen LogP contribution is -2.29. The molecule has 0 amide bonds. The lowest BCUT2D eigenvalue weighted by molar-refractivity contribution is -0.156.